The number of carboxylic acid groups (broad SMARTS) is 1. The van der Waals surface area contributed by atoms with E-state index < -0.39 is 35.9 Å². The summed E-state index contributed by atoms with van der Waals surface area (Å²) in [5.41, 5.74) is 3.31. The molecule has 244 valence electrons. The Labute approximate surface area is 268 Å². The van der Waals surface area contributed by atoms with Crippen LogP contribution in [0.5, 0.6) is 0 Å². The molecule has 0 saturated carbocycles. The lowest BCUT2D eigenvalue weighted by molar-refractivity contribution is -0.142. The van der Waals surface area contributed by atoms with Gasteiger partial charge in [-0.3, -0.25) is 9.59 Å². The number of nitrogens with one attached hydrogen (secondary N) is 5. The molecule has 11 heteroatoms. The smallest absolute Gasteiger partial charge is 0.326 e. The number of benzene rings is 2. The summed E-state index contributed by atoms with van der Waals surface area (Å²) in [6, 6.07) is 11.7. The van der Waals surface area contributed by atoms with E-state index in [1.807, 2.05) is 62.4 Å². The van der Waals surface area contributed by atoms with Gasteiger partial charge in [0.05, 0.1) is 0 Å². The molecule has 2 aromatic heterocycles. The zero-order chi connectivity index (χ0) is 32.6. The molecule has 3 atom stereocenters. The molecule has 1 aliphatic heterocycles. The fraction of sp³-hybridized carbons (Fsp3) is 0.429. The second kappa shape index (κ2) is 15.0. The molecule has 0 spiro atoms. The molecule has 46 heavy (non-hydrogen) atoms. The minimum atomic E-state index is -1.23. The normalized spacial score (nSPS) is 15.7. The fourth-order valence-corrected chi connectivity index (χ4v) is 6.21. The SMILES string of the molecule is CC(C)C[C@H](NC(=O)N1CCCCCC1)C(=O)N[C@H](Cc1c[nH]c2ccccc12)C(=O)N[C@H](Cc1c[nH]c2ccccc12)C(=O)O. The highest BCUT2D eigenvalue weighted by Crippen LogP contribution is 2.21. The van der Waals surface area contributed by atoms with Crippen molar-refractivity contribution in [3.8, 4) is 0 Å². The summed E-state index contributed by atoms with van der Waals surface area (Å²) in [4.78, 5) is 61.5. The molecule has 4 aromatic rings. The number of carboxylic acids is 1. The Hall–Kier alpha value is -4.80. The zero-order valence-corrected chi connectivity index (χ0v) is 26.5. The molecule has 4 amide bonds. The average molecular weight is 629 g/mol. The van der Waals surface area contributed by atoms with Gasteiger partial charge in [-0.2, -0.15) is 0 Å². The summed E-state index contributed by atoms with van der Waals surface area (Å²) in [5.74, 6) is -2.19. The van der Waals surface area contributed by atoms with Crippen LogP contribution in [0.2, 0.25) is 0 Å². The molecule has 2 aromatic carbocycles. The van der Waals surface area contributed by atoms with E-state index in [4.69, 9.17) is 0 Å². The maximum absolute atomic E-state index is 13.9. The van der Waals surface area contributed by atoms with Crippen LogP contribution >= 0.6 is 0 Å². The van der Waals surface area contributed by atoms with E-state index >= 15 is 0 Å². The maximum Gasteiger partial charge on any atom is 0.326 e. The molecular weight excluding hydrogens is 584 g/mol. The van der Waals surface area contributed by atoms with Crippen molar-refractivity contribution in [2.75, 3.05) is 13.1 Å². The molecule has 0 bridgehead atoms. The van der Waals surface area contributed by atoms with Gasteiger partial charge in [0.15, 0.2) is 0 Å². The van der Waals surface area contributed by atoms with Gasteiger partial charge in [0.25, 0.3) is 0 Å². The van der Waals surface area contributed by atoms with E-state index in [1.165, 1.54) is 0 Å². The minimum absolute atomic E-state index is 0.0563. The number of carbonyl (C=O) groups is 4. The predicted octanol–water partition coefficient (Wildman–Crippen LogP) is 4.49. The van der Waals surface area contributed by atoms with E-state index in [0.717, 1.165) is 58.6 Å². The lowest BCUT2D eigenvalue weighted by Gasteiger charge is -2.28. The Morgan fingerprint density at radius 1 is 0.717 bits per heavy atom. The number of para-hydroxylation sites is 2. The van der Waals surface area contributed by atoms with Gasteiger partial charge in [-0.05, 0) is 48.4 Å². The van der Waals surface area contributed by atoms with Crippen molar-refractivity contribution in [3.63, 3.8) is 0 Å². The van der Waals surface area contributed by atoms with Crippen LogP contribution in [0, 0.1) is 5.92 Å². The van der Waals surface area contributed by atoms with Crippen molar-refractivity contribution in [2.24, 2.45) is 5.92 Å². The van der Waals surface area contributed by atoms with E-state index in [1.54, 1.807) is 17.3 Å². The van der Waals surface area contributed by atoms with Crippen LogP contribution in [0.3, 0.4) is 0 Å². The van der Waals surface area contributed by atoms with Gasteiger partial charge >= 0.3 is 12.0 Å². The first kappa shape index (κ1) is 32.6. The van der Waals surface area contributed by atoms with E-state index in [9.17, 15) is 24.3 Å². The Morgan fingerprint density at radius 3 is 1.76 bits per heavy atom. The van der Waals surface area contributed by atoms with Crippen LogP contribution in [0.15, 0.2) is 60.9 Å². The Bertz CT molecular complexity index is 1670. The number of rotatable bonds is 12. The van der Waals surface area contributed by atoms with Crippen LogP contribution in [0.25, 0.3) is 21.8 Å². The predicted molar refractivity (Wildman–Crippen MR) is 177 cm³/mol. The number of carbonyl (C=O) groups excluding carboxylic acids is 3. The Kier molecular flexibility index (Phi) is 10.6. The zero-order valence-electron chi connectivity index (χ0n) is 26.5. The first-order chi connectivity index (χ1) is 22.2. The first-order valence-corrected chi connectivity index (χ1v) is 16.2. The molecule has 1 aliphatic rings. The number of urea groups is 1. The molecular formula is C35H44N6O5. The van der Waals surface area contributed by atoms with E-state index in [0.29, 0.717) is 19.5 Å². The third-order valence-corrected chi connectivity index (χ3v) is 8.66. The first-order valence-electron chi connectivity index (χ1n) is 16.2. The number of aromatic nitrogens is 2. The monoisotopic (exact) mass is 628 g/mol. The lowest BCUT2D eigenvalue weighted by Crippen LogP contribution is -2.58. The van der Waals surface area contributed by atoms with Crippen molar-refractivity contribution >= 4 is 45.6 Å². The van der Waals surface area contributed by atoms with Crippen LogP contribution in [-0.4, -0.2) is 75.0 Å². The molecule has 1 fully saturated rings. The third kappa shape index (κ3) is 8.07. The van der Waals surface area contributed by atoms with E-state index in [2.05, 4.69) is 25.9 Å². The summed E-state index contributed by atoms with van der Waals surface area (Å²) < 4.78 is 0. The highest BCUT2D eigenvalue weighted by molar-refractivity contribution is 5.94. The number of H-pyrrole nitrogens is 2. The third-order valence-electron chi connectivity index (χ3n) is 8.66. The van der Waals surface area contributed by atoms with Crippen molar-refractivity contribution in [3.05, 3.63) is 72.1 Å². The molecule has 0 unspecified atom stereocenters. The highest BCUT2D eigenvalue weighted by Gasteiger charge is 2.32. The molecule has 6 N–H and O–H groups in total. The molecule has 11 nitrogen and oxygen atoms in total. The van der Waals surface area contributed by atoms with Gasteiger partial charge in [-0.15, -0.1) is 0 Å². The van der Waals surface area contributed by atoms with Crippen molar-refractivity contribution in [1.82, 2.24) is 30.8 Å². The number of hydrogen-bond donors (Lipinski definition) is 6. The molecule has 3 heterocycles. The quantitative estimate of drug-likeness (QED) is 0.136. The number of aliphatic carboxylic acids is 1. The topological polar surface area (TPSA) is 159 Å². The van der Waals surface area contributed by atoms with Gasteiger partial charge in [0.2, 0.25) is 11.8 Å². The standard InChI is InChI=1S/C35H44N6O5/c1-22(2)17-29(40-35(46)41-15-9-3-4-10-16-41)32(42)38-30(18-23-20-36-27-13-7-5-11-25(23)27)33(43)39-31(34(44)45)19-24-21-37-28-14-8-6-12-26(24)28/h5-8,11-14,20-22,29-31,36-37H,3-4,9-10,15-19H2,1-2H3,(H,38,42)(H,39,43)(H,40,46)(H,44,45)/t29-,30+,31+/m0/s1. The molecule has 5 rings (SSSR count). The van der Waals surface area contributed by atoms with Crippen LogP contribution < -0.4 is 16.0 Å². The van der Waals surface area contributed by atoms with Crippen LogP contribution in [0.4, 0.5) is 4.79 Å². The van der Waals surface area contributed by atoms with Crippen molar-refractivity contribution in [2.45, 2.75) is 76.9 Å². The second-order valence-corrected chi connectivity index (χ2v) is 12.6. The fourth-order valence-electron chi connectivity index (χ4n) is 6.21. The number of fused-ring (bicyclic) bond motifs is 2. The number of amides is 4. The summed E-state index contributed by atoms with van der Waals surface area (Å²) in [7, 11) is 0. The minimum Gasteiger partial charge on any atom is -0.480 e. The second-order valence-electron chi connectivity index (χ2n) is 12.6. The van der Waals surface area contributed by atoms with Gasteiger partial charge in [-0.1, -0.05) is 63.1 Å². The number of aromatic amines is 2. The average Bonchev–Trinajstić information content (AvgIpc) is 3.52. The summed E-state index contributed by atoms with van der Waals surface area (Å²) >= 11 is 0. The van der Waals surface area contributed by atoms with Crippen LogP contribution in [-0.2, 0) is 27.2 Å². The maximum atomic E-state index is 13.9. The van der Waals surface area contributed by atoms with Gasteiger partial charge in [0.1, 0.15) is 18.1 Å². The Morgan fingerprint density at radius 2 is 1.22 bits per heavy atom. The number of likely N-dealkylation sites (tertiary alicyclic amines) is 1. The molecule has 0 radical (unpaired) electrons. The lowest BCUT2D eigenvalue weighted by atomic mass is 10.00. The van der Waals surface area contributed by atoms with Crippen molar-refractivity contribution in [1.29, 1.82) is 0 Å². The van der Waals surface area contributed by atoms with Gasteiger partial charge < -0.3 is 35.9 Å². The largest absolute Gasteiger partial charge is 0.480 e. The highest BCUT2D eigenvalue weighted by atomic mass is 16.4. The number of hydrogen-bond acceptors (Lipinski definition) is 4. The Balaban J connectivity index is 1.37. The number of nitrogens with zero attached hydrogens (tertiary/aromatic N) is 1. The summed E-state index contributed by atoms with van der Waals surface area (Å²) in [6.07, 6.45) is 8.09. The van der Waals surface area contributed by atoms with E-state index in [-0.39, 0.29) is 24.8 Å². The van der Waals surface area contributed by atoms with Gasteiger partial charge in [0, 0.05) is 60.1 Å². The van der Waals surface area contributed by atoms with Crippen molar-refractivity contribution < 1.29 is 24.3 Å². The van der Waals surface area contributed by atoms with Gasteiger partial charge in [-0.25, -0.2) is 9.59 Å². The summed E-state index contributed by atoms with van der Waals surface area (Å²) in [5, 5.41) is 20.4. The molecule has 1 saturated heterocycles. The molecule has 0 aliphatic carbocycles. The summed E-state index contributed by atoms with van der Waals surface area (Å²) in [6.45, 7) is 5.22. The van der Waals surface area contributed by atoms with Crippen LogP contribution in [0.1, 0.15) is 57.1 Å².